The molecule has 0 radical (unpaired) electrons. The number of aliphatic hydroxyl groups is 7. The molecule has 0 bridgehead atoms. The summed E-state index contributed by atoms with van der Waals surface area (Å²) < 4.78 is 22.1. The summed E-state index contributed by atoms with van der Waals surface area (Å²) >= 11 is 1.26. The first-order chi connectivity index (χ1) is 46.4. The smallest absolute Gasteiger partial charge is 0.691 e. The Bertz CT molecular complexity index is 3560. The van der Waals surface area contributed by atoms with E-state index >= 15 is 0 Å². The molecule has 6 heterocycles. The molecule has 3 aromatic carbocycles. The molecule has 15 N–H and O–H groups in total. The van der Waals surface area contributed by atoms with E-state index in [1.54, 1.807) is 22.8 Å². The first-order valence-electron chi connectivity index (χ1n) is 31.2. The molecule has 5 aromatic rings. The van der Waals surface area contributed by atoms with Gasteiger partial charge in [0.25, 0.3) is 18.2 Å². The van der Waals surface area contributed by atoms with Gasteiger partial charge in [-0.2, -0.15) is 5.10 Å². The first kappa shape index (κ1) is 76.5. The Morgan fingerprint density at radius 3 is 2.19 bits per heavy atom. The van der Waals surface area contributed by atoms with Gasteiger partial charge in [0.1, 0.15) is 59.2 Å². The summed E-state index contributed by atoms with van der Waals surface area (Å²) in [7, 11) is 0. The van der Waals surface area contributed by atoms with E-state index in [9.17, 15) is 84.5 Å². The van der Waals surface area contributed by atoms with E-state index in [-0.39, 0.29) is 53.0 Å². The molecular weight excluding hydrogens is 1340 g/mol. The summed E-state index contributed by atoms with van der Waals surface area (Å²) in [4.78, 5) is 123. The molecule has 2 aromatic heterocycles. The molecule has 13 unspecified atom stereocenters. The Hall–Kier alpha value is -7.21. The number of carbonyl (C=O) groups excluding carboxylic acids is 8. The van der Waals surface area contributed by atoms with Crippen LogP contribution < -0.4 is 76.1 Å². The van der Waals surface area contributed by atoms with Crippen molar-refractivity contribution in [3.8, 4) is 39.1 Å². The molecule has 0 aliphatic carbocycles. The van der Waals surface area contributed by atoms with Crippen LogP contribution in [0.5, 0.6) is 17.2 Å². The Morgan fingerprint density at radius 2 is 1.51 bits per heavy atom. The summed E-state index contributed by atoms with van der Waals surface area (Å²) in [6.45, 7) is 5.83. The summed E-state index contributed by atoms with van der Waals surface area (Å²) in [5.74, 6) is -11.3. The van der Waals surface area contributed by atoms with Crippen molar-refractivity contribution in [2.75, 3.05) is 59.1 Å². The Balaban J connectivity index is 0.0000122. The molecule has 4 saturated heterocycles. The van der Waals surface area contributed by atoms with E-state index in [4.69, 9.17) is 29.5 Å². The van der Waals surface area contributed by atoms with Crippen LogP contribution in [-0.4, -0.2) is 249 Å². The third kappa shape index (κ3) is 19.2. The molecule has 4 fully saturated rings. The van der Waals surface area contributed by atoms with Crippen LogP contribution in [0.25, 0.3) is 26.8 Å². The number of aromatic hydroxyl groups is 1. The number of β-amino-alcohol motifs (C(OH)–C–C–N with tert-alkyl or cyclic N) is 1. The minimum atomic E-state index is -2.54. The number of aliphatic hydroxyl groups excluding tert-OH is 7. The first-order valence-corrected chi connectivity index (χ1v) is 32.7. The SMILES string of the molecule is CC(O)C1NC(=O)[C@@H](NC(=O)c2ccc(-c3cn4nc(-c5ccc(OCCCCCN6CCOCC6)cc5)sc4n3)cc2)CC(O)CNC(=O)C2C(O)C(C)CN2C(=O)C(C(O)CC(N)=O)NC(=O)C(C(O)C(O)c2ccc(O)c(OSOO[O-])c2)NC(=O)C2CC(O)CN2C1=O.[Na+]. The van der Waals surface area contributed by atoms with Crippen LogP contribution in [0.2, 0.25) is 0 Å². The number of rotatable bonds is 22. The number of imidazole rings is 1. The maximum Gasteiger partial charge on any atom is 1.00 e. The summed E-state index contributed by atoms with van der Waals surface area (Å²) in [5.41, 5.74) is 6.94. The average molecular weight is 1420 g/mol. The number of phenolic OH excluding ortho intramolecular Hbond substituents is 1. The van der Waals surface area contributed by atoms with Crippen molar-refractivity contribution in [1.29, 1.82) is 0 Å². The molecule has 526 valence electrons. The molecule has 14 atom stereocenters. The predicted molar refractivity (Wildman–Crippen MR) is 337 cm³/mol. The van der Waals surface area contributed by atoms with Gasteiger partial charge in [0.2, 0.25) is 46.3 Å². The molecule has 4 aliphatic rings. The van der Waals surface area contributed by atoms with Gasteiger partial charge in [0, 0.05) is 68.2 Å². The fourth-order valence-corrected chi connectivity index (χ4v) is 12.9. The molecule has 0 spiro atoms. The summed E-state index contributed by atoms with van der Waals surface area (Å²) in [5, 5.41) is 121. The molecule has 8 amide bonds. The maximum absolute atomic E-state index is 14.7. The number of nitrogens with one attached hydrogen (secondary N) is 5. The van der Waals surface area contributed by atoms with Gasteiger partial charge in [0.05, 0.1) is 68.7 Å². The van der Waals surface area contributed by atoms with Crippen LogP contribution in [0, 0.1) is 5.92 Å². The number of fused-ring (bicyclic) bond motifs is 3. The number of hydrogen-bond donors (Lipinski definition) is 14. The van der Waals surface area contributed by atoms with E-state index < -0.39 is 183 Å². The number of carbonyl (C=O) groups is 8. The van der Waals surface area contributed by atoms with Crippen LogP contribution >= 0.6 is 23.7 Å². The van der Waals surface area contributed by atoms with Gasteiger partial charge in [-0.05, 0) is 86.8 Å². The zero-order chi connectivity index (χ0) is 69.8. The van der Waals surface area contributed by atoms with Gasteiger partial charge in [-0.3, -0.25) is 48.3 Å². The van der Waals surface area contributed by atoms with Crippen molar-refractivity contribution in [2.24, 2.45) is 11.7 Å². The monoisotopic (exact) mass is 1420 g/mol. The van der Waals surface area contributed by atoms with Crippen LogP contribution in [-0.2, 0) is 47.7 Å². The van der Waals surface area contributed by atoms with Gasteiger partial charge in [-0.15, -0.1) is 4.33 Å². The van der Waals surface area contributed by atoms with Crippen molar-refractivity contribution in [1.82, 2.24) is 55.9 Å². The Kier molecular flexibility index (Phi) is 27.5. The molecule has 98 heavy (non-hydrogen) atoms. The van der Waals surface area contributed by atoms with Crippen LogP contribution in [0.3, 0.4) is 0 Å². The standard InChI is InChI=1S/C61H78N12O22S2.Na/c1-30-27-72-49(50(30)80)57(87)63-26-36(75)23-39(64-53(83)33-8-6-32(7-9-33)40-29-73-61(65-40)96-58(69-73)34-10-13-38(14-11-34)92-19-5-3-4-16-70-17-20-91-21-18-70)54(84)66-46(31(2)74)59(88)71-28-37(76)24-41(71)55(85)68-48(56(86)67-47(60(72)89)43(78)25-45(62)79)52(82)51(81)35-12-15-42(77)44(22-35)93-97-95-94-90;/h6-15,22,29-31,36-37,39,41,43,46-52,74-78,80-82,90H,3-5,16-21,23-28H2,1-2H3,(H2,62,79)(H,63,87)(H,64,83)(H,66,84)(H,67,86)(H,68,85);/q;+1/p-1/t30?,31?,36?,37?,39-,41?,43?,46?,47?,48?,49?,50?,51?,52?;/m0./s1. The summed E-state index contributed by atoms with van der Waals surface area (Å²) in [6, 6.07) is 4.20. The third-order valence-corrected chi connectivity index (χ3v) is 18.3. The molecule has 0 saturated carbocycles. The number of primary amides is 1. The van der Waals surface area contributed by atoms with E-state index in [0.717, 1.165) is 98.3 Å². The van der Waals surface area contributed by atoms with Crippen molar-refractivity contribution in [3.63, 3.8) is 0 Å². The van der Waals surface area contributed by atoms with Crippen LogP contribution in [0.4, 0.5) is 0 Å². The number of hydrogen-bond acceptors (Lipinski definition) is 27. The topological polar surface area (TPSA) is 494 Å². The number of nitrogens with two attached hydrogens (primary N) is 1. The number of aromatic nitrogens is 3. The van der Waals surface area contributed by atoms with Crippen molar-refractivity contribution < 1.29 is 137 Å². The second-order valence-corrected chi connectivity index (χ2v) is 25.5. The number of benzene rings is 3. The van der Waals surface area contributed by atoms with Crippen molar-refractivity contribution in [3.05, 3.63) is 84.1 Å². The molecule has 37 heteroatoms. The molecule has 9 rings (SSSR count). The number of nitrogens with zero attached hydrogens (tertiary/aromatic N) is 6. The minimum absolute atomic E-state index is 0. The molecule has 4 aliphatic heterocycles. The normalized spacial score (nSPS) is 25.3. The van der Waals surface area contributed by atoms with E-state index in [1.165, 1.54) is 30.4 Å². The average Bonchev–Trinajstić information content (AvgIpc) is 1.56. The van der Waals surface area contributed by atoms with Gasteiger partial charge < -0.3 is 102 Å². The number of amides is 8. The van der Waals surface area contributed by atoms with Crippen molar-refractivity contribution >= 4 is 75.9 Å². The number of morpholine rings is 1. The minimum Gasteiger partial charge on any atom is -0.691 e. The predicted octanol–water partition coefficient (Wildman–Crippen LogP) is -6.80. The quantitative estimate of drug-likeness (QED) is 0.0101. The van der Waals surface area contributed by atoms with Gasteiger partial charge >= 0.3 is 29.6 Å². The Labute approximate surface area is 590 Å². The Morgan fingerprint density at radius 1 is 0.827 bits per heavy atom. The van der Waals surface area contributed by atoms with Gasteiger partial charge in [0.15, 0.2) is 11.5 Å². The number of phenols is 1. The van der Waals surface area contributed by atoms with E-state index in [0.29, 0.717) is 27.8 Å². The zero-order valence-corrected chi connectivity index (χ0v) is 57.1. The summed E-state index contributed by atoms with van der Waals surface area (Å²) in [6.07, 6.45) is -11.4. The second kappa shape index (κ2) is 35.2. The zero-order valence-electron chi connectivity index (χ0n) is 53.5. The van der Waals surface area contributed by atoms with E-state index in [2.05, 4.69) is 40.9 Å². The molecular formula is C61H77N12NaO22S2. The fraction of sp³-hybridized carbons (Fsp3) is 0.508. The van der Waals surface area contributed by atoms with Crippen molar-refractivity contribution in [2.45, 2.75) is 131 Å². The van der Waals surface area contributed by atoms with Crippen LogP contribution in [0.15, 0.2) is 72.9 Å². The number of unbranched alkanes of at least 4 members (excludes halogenated alkanes) is 2. The number of ether oxygens (including phenoxy) is 2. The second-order valence-electron chi connectivity index (χ2n) is 24.1. The van der Waals surface area contributed by atoms with Gasteiger partial charge in [-0.25, -0.2) is 9.50 Å². The fourth-order valence-electron chi connectivity index (χ4n) is 11.7. The largest absolute Gasteiger partial charge is 1.00 e. The van der Waals surface area contributed by atoms with Crippen LogP contribution in [0.1, 0.15) is 74.4 Å². The maximum atomic E-state index is 14.7. The molecule has 34 nitrogen and oxygen atoms in total. The third-order valence-electron chi connectivity index (χ3n) is 17.0. The van der Waals surface area contributed by atoms with Gasteiger partial charge in [-0.1, -0.05) is 36.5 Å². The van der Waals surface area contributed by atoms with E-state index in [1.807, 2.05) is 24.3 Å².